The first-order valence-corrected chi connectivity index (χ1v) is 6.60. The summed E-state index contributed by atoms with van der Waals surface area (Å²) in [5.74, 6) is 0.939. The Bertz CT molecular complexity index is 591. The predicted octanol–water partition coefficient (Wildman–Crippen LogP) is 3.43. The van der Waals surface area contributed by atoms with Gasteiger partial charge < -0.3 is 14.6 Å². The molecule has 0 saturated heterocycles. The molecule has 1 aliphatic rings. The highest BCUT2D eigenvalue weighted by Gasteiger charge is 2.24. The van der Waals surface area contributed by atoms with Gasteiger partial charge in [0.15, 0.2) is 0 Å². The molecule has 1 aliphatic heterocycles. The molecule has 2 aromatic rings. The highest BCUT2D eigenvalue weighted by molar-refractivity contribution is 5.87. The average molecular weight is 281 g/mol. The molecule has 104 valence electrons. The predicted molar refractivity (Wildman–Crippen MR) is 81.5 cm³/mol. The van der Waals surface area contributed by atoms with Gasteiger partial charge in [-0.1, -0.05) is 0 Å². The Morgan fingerprint density at radius 1 is 1.37 bits per heavy atom. The average Bonchev–Trinajstić information content (AvgIpc) is 2.72. The van der Waals surface area contributed by atoms with Crippen molar-refractivity contribution < 1.29 is 4.74 Å². The van der Waals surface area contributed by atoms with Crippen LogP contribution in [0, 0.1) is 6.92 Å². The SMILES string of the molecule is CNC1CCCn2c1c(C)c1ccc(OC)cc12.Cl. The Balaban J connectivity index is 0.00000133. The van der Waals surface area contributed by atoms with Gasteiger partial charge in [-0.25, -0.2) is 0 Å². The van der Waals surface area contributed by atoms with Crippen molar-refractivity contribution in [2.75, 3.05) is 14.2 Å². The number of nitrogens with one attached hydrogen (secondary N) is 1. The zero-order valence-electron chi connectivity index (χ0n) is 11.7. The van der Waals surface area contributed by atoms with Crippen LogP contribution in [0.3, 0.4) is 0 Å². The molecule has 0 aliphatic carbocycles. The van der Waals surface area contributed by atoms with Crippen molar-refractivity contribution in [3.8, 4) is 5.75 Å². The van der Waals surface area contributed by atoms with Crippen LogP contribution < -0.4 is 10.1 Å². The van der Waals surface area contributed by atoms with Crippen LogP contribution in [0.1, 0.15) is 30.1 Å². The number of rotatable bonds is 2. The summed E-state index contributed by atoms with van der Waals surface area (Å²) in [5.41, 5.74) is 4.17. The number of fused-ring (bicyclic) bond motifs is 3. The molecule has 3 nitrogen and oxygen atoms in total. The molecule has 1 unspecified atom stereocenters. The molecular weight excluding hydrogens is 260 g/mol. The van der Waals surface area contributed by atoms with Gasteiger partial charge in [-0.15, -0.1) is 12.4 Å². The van der Waals surface area contributed by atoms with Gasteiger partial charge in [-0.05, 0) is 44.5 Å². The van der Waals surface area contributed by atoms with E-state index in [0.29, 0.717) is 6.04 Å². The molecule has 0 radical (unpaired) electrons. The Hall–Kier alpha value is -1.19. The van der Waals surface area contributed by atoms with Crippen molar-refractivity contribution in [3.63, 3.8) is 0 Å². The fraction of sp³-hybridized carbons (Fsp3) is 0.467. The van der Waals surface area contributed by atoms with E-state index in [1.54, 1.807) is 7.11 Å². The maximum Gasteiger partial charge on any atom is 0.120 e. The smallest absolute Gasteiger partial charge is 0.120 e. The highest BCUT2D eigenvalue weighted by Crippen LogP contribution is 2.36. The van der Waals surface area contributed by atoms with Crippen LogP contribution in [0.25, 0.3) is 10.9 Å². The molecule has 0 amide bonds. The second kappa shape index (κ2) is 5.43. The number of halogens is 1. The van der Waals surface area contributed by atoms with Gasteiger partial charge in [0.2, 0.25) is 0 Å². The fourth-order valence-electron chi connectivity index (χ4n) is 3.21. The summed E-state index contributed by atoms with van der Waals surface area (Å²) in [6.45, 7) is 3.35. The standard InChI is InChI=1S/C15H20N2O.ClH/c1-10-12-7-6-11(18-3)9-14(12)17-8-4-5-13(16-2)15(10)17;/h6-7,9,13,16H,4-5,8H2,1-3H3;1H. The number of hydrogen-bond donors (Lipinski definition) is 1. The summed E-state index contributed by atoms with van der Waals surface area (Å²) in [7, 11) is 3.78. The second-order valence-electron chi connectivity index (χ2n) is 5.03. The van der Waals surface area contributed by atoms with E-state index >= 15 is 0 Å². The molecule has 0 fully saturated rings. The van der Waals surface area contributed by atoms with E-state index in [1.807, 2.05) is 0 Å². The molecule has 0 saturated carbocycles. The van der Waals surface area contributed by atoms with Crippen LogP contribution >= 0.6 is 12.4 Å². The number of nitrogens with zero attached hydrogens (tertiary/aromatic N) is 1. The lowest BCUT2D eigenvalue weighted by atomic mass is 10.0. The van der Waals surface area contributed by atoms with Crippen molar-refractivity contribution in [3.05, 3.63) is 29.5 Å². The summed E-state index contributed by atoms with van der Waals surface area (Å²) in [6.07, 6.45) is 2.46. The summed E-state index contributed by atoms with van der Waals surface area (Å²) in [4.78, 5) is 0. The van der Waals surface area contributed by atoms with Crippen molar-refractivity contribution in [1.29, 1.82) is 0 Å². The van der Waals surface area contributed by atoms with Crippen LogP contribution in [0.2, 0.25) is 0 Å². The molecule has 1 aromatic heterocycles. The van der Waals surface area contributed by atoms with E-state index in [1.165, 1.54) is 35.0 Å². The third-order valence-electron chi connectivity index (χ3n) is 4.13. The zero-order chi connectivity index (χ0) is 12.7. The lowest BCUT2D eigenvalue weighted by Crippen LogP contribution is -2.25. The first-order valence-electron chi connectivity index (χ1n) is 6.60. The van der Waals surface area contributed by atoms with Crippen LogP contribution in [0.4, 0.5) is 0 Å². The molecule has 1 atom stereocenters. The van der Waals surface area contributed by atoms with Crippen molar-refractivity contribution >= 4 is 23.3 Å². The maximum absolute atomic E-state index is 5.35. The topological polar surface area (TPSA) is 26.2 Å². The van der Waals surface area contributed by atoms with Crippen molar-refractivity contribution in [2.45, 2.75) is 32.4 Å². The van der Waals surface area contributed by atoms with E-state index < -0.39 is 0 Å². The number of ether oxygens (including phenoxy) is 1. The molecule has 1 N–H and O–H groups in total. The normalized spacial score (nSPS) is 17.9. The van der Waals surface area contributed by atoms with Crippen LogP contribution in [0.15, 0.2) is 18.2 Å². The Kier molecular flexibility index (Phi) is 4.07. The Labute approximate surface area is 120 Å². The van der Waals surface area contributed by atoms with E-state index in [-0.39, 0.29) is 12.4 Å². The second-order valence-corrected chi connectivity index (χ2v) is 5.03. The van der Waals surface area contributed by atoms with Crippen molar-refractivity contribution in [2.24, 2.45) is 0 Å². The number of aromatic nitrogens is 1. The first kappa shape index (κ1) is 14.2. The molecule has 2 heterocycles. The highest BCUT2D eigenvalue weighted by atomic mass is 35.5. The number of methoxy groups -OCH3 is 1. The lowest BCUT2D eigenvalue weighted by Gasteiger charge is -2.25. The minimum atomic E-state index is 0. The maximum atomic E-state index is 5.35. The molecular formula is C15H21ClN2O. The molecule has 3 rings (SSSR count). The quantitative estimate of drug-likeness (QED) is 0.912. The number of benzene rings is 1. The Morgan fingerprint density at radius 3 is 2.84 bits per heavy atom. The van der Waals surface area contributed by atoms with Crippen LogP contribution in [-0.2, 0) is 6.54 Å². The molecule has 4 heteroatoms. The van der Waals surface area contributed by atoms with Gasteiger partial charge in [-0.2, -0.15) is 0 Å². The van der Waals surface area contributed by atoms with E-state index in [9.17, 15) is 0 Å². The first-order chi connectivity index (χ1) is 8.76. The third-order valence-corrected chi connectivity index (χ3v) is 4.13. The van der Waals surface area contributed by atoms with Crippen LogP contribution in [0.5, 0.6) is 5.75 Å². The number of aryl methyl sites for hydroxylation is 2. The van der Waals surface area contributed by atoms with E-state index in [0.717, 1.165) is 12.3 Å². The van der Waals surface area contributed by atoms with Gasteiger partial charge in [0.1, 0.15) is 5.75 Å². The van der Waals surface area contributed by atoms with Gasteiger partial charge >= 0.3 is 0 Å². The Morgan fingerprint density at radius 2 is 2.16 bits per heavy atom. The van der Waals surface area contributed by atoms with Crippen molar-refractivity contribution in [1.82, 2.24) is 9.88 Å². The molecule has 0 bridgehead atoms. The largest absolute Gasteiger partial charge is 0.497 e. The lowest BCUT2D eigenvalue weighted by molar-refractivity contribution is 0.412. The van der Waals surface area contributed by atoms with Gasteiger partial charge in [0, 0.05) is 29.7 Å². The molecule has 19 heavy (non-hydrogen) atoms. The van der Waals surface area contributed by atoms with E-state index in [2.05, 4.69) is 42.1 Å². The monoisotopic (exact) mass is 280 g/mol. The van der Waals surface area contributed by atoms with Gasteiger partial charge in [0.05, 0.1) is 12.6 Å². The third kappa shape index (κ3) is 2.11. The summed E-state index contributed by atoms with van der Waals surface area (Å²) >= 11 is 0. The van der Waals surface area contributed by atoms with Gasteiger partial charge in [0.25, 0.3) is 0 Å². The van der Waals surface area contributed by atoms with Gasteiger partial charge in [-0.3, -0.25) is 0 Å². The van der Waals surface area contributed by atoms with E-state index in [4.69, 9.17) is 4.74 Å². The zero-order valence-corrected chi connectivity index (χ0v) is 12.5. The minimum Gasteiger partial charge on any atom is -0.497 e. The molecule has 0 spiro atoms. The number of hydrogen-bond acceptors (Lipinski definition) is 2. The van der Waals surface area contributed by atoms with Crippen LogP contribution in [-0.4, -0.2) is 18.7 Å². The minimum absolute atomic E-state index is 0. The molecule has 1 aromatic carbocycles. The fourth-order valence-corrected chi connectivity index (χ4v) is 3.21. The summed E-state index contributed by atoms with van der Waals surface area (Å²) < 4.78 is 7.80. The summed E-state index contributed by atoms with van der Waals surface area (Å²) in [5, 5.41) is 4.79. The summed E-state index contributed by atoms with van der Waals surface area (Å²) in [6, 6.07) is 6.87.